The Kier molecular flexibility index (Phi) is 6.44. The normalized spacial score (nSPS) is 35.3. The van der Waals surface area contributed by atoms with Gasteiger partial charge in [-0.15, -0.1) is 0 Å². The first-order valence-electron chi connectivity index (χ1n) is 10.8. The summed E-state index contributed by atoms with van der Waals surface area (Å²) in [4.78, 5) is 13.0. The highest BCUT2D eigenvalue weighted by molar-refractivity contribution is 5.80. The van der Waals surface area contributed by atoms with Crippen LogP contribution >= 0.6 is 0 Å². The van der Waals surface area contributed by atoms with Crippen LogP contribution in [-0.2, 0) is 9.53 Å². The summed E-state index contributed by atoms with van der Waals surface area (Å²) in [5.41, 5.74) is 5.44. The van der Waals surface area contributed by atoms with Crippen LogP contribution in [0.2, 0.25) is 0 Å². The van der Waals surface area contributed by atoms with Crippen molar-refractivity contribution in [3.8, 4) is 0 Å². The van der Waals surface area contributed by atoms with Crippen molar-refractivity contribution >= 4 is 5.97 Å². The van der Waals surface area contributed by atoms with Gasteiger partial charge < -0.3 is 4.74 Å². The molecule has 0 radical (unpaired) electrons. The zero-order valence-corrected chi connectivity index (χ0v) is 17.6. The second-order valence-electron chi connectivity index (χ2n) is 9.16. The average Bonchev–Trinajstić information content (AvgIpc) is 2.85. The van der Waals surface area contributed by atoms with Crippen molar-refractivity contribution < 1.29 is 9.53 Å². The van der Waals surface area contributed by atoms with E-state index in [1.807, 2.05) is 0 Å². The average molecular weight is 369 g/mol. The number of esters is 1. The first kappa shape index (κ1) is 20.2. The Labute approximate surface area is 165 Å². The van der Waals surface area contributed by atoms with Gasteiger partial charge in [0.15, 0.2) is 0 Å². The molecule has 0 N–H and O–H groups in total. The van der Waals surface area contributed by atoms with Crippen LogP contribution < -0.4 is 0 Å². The first-order valence-corrected chi connectivity index (χ1v) is 10.8. The second-order valence-corrected chi connectivity index (χ2v) is 9.16. The molecule has 0 amide bonds. The van der Waals surface area contributed by atoms with Gasteiger partial charge in [0.05, 0.1) is 5.41 Å². The summed E-state index contributed by atoms with van der Waals surface area (Å²) in [5.74, 6) is 0.374. The Morgan fingerprint density at radius 1 is 1.19 bits per heavy atom. The lowest BCUT2D eigenvalue weighted by Crippen LogP contribution is -2.36. The van der Waals surface area contributed by atoms with Crippen molar-refractivity contribution in [2.24, 2.45) is 11.3 Å². The fraction of sp³-hybridized carbons (Fsp3) is 0.640. The van der Waals surface area contributed by atoms with Crippen LogP contribution in [0.15, 0.2) is 46.6 Å². The summed E-state index contributed by atoms with van der Waals surface area (Å²) in [6, 6.07) is 0. The van der Waals surface area contributed by atoms with E-state index in [0.717, 1.165) is 57.8 Å². The summed E-state index contributed by atoms with van der Waals surface area (Å²) < 4.78 is 5.97. The van der Waals surface area contributed by atoms with Gasteiger partial charge in [-0.3, -0.25) is 4.79 Å². The maximum Gasteiger partial charge on any atom is 0.313 e. The van der Waals surface area contributed by atoms with Gasteiger partial charge in [0, 0.05) is 5.92 Å². The minimum absolute atomic E-state index is 0.0241. The van der Waals surface area contributed by atoms with Gasteiger partial charge in [0.2, 0.25) is 0 Å². The van der Waals surface area contributed by atoms with Gasteiger partial charge in [-0.05, 0) is 91.6 Å². The predicted molar refractivity (Wildman–Crippen MR) is 112 cm³/mol. The number of hydrogen-bond acceptors (Lipinski definition) is 2. The topological polar surface area (TPSA) is 26.3 Å². The van der Waals surface area contributed by atoms with E-state index in [4.69, 9.17) is 4.74 Å². The number of carbonyl (C=O) groups is 1. The van der Waals surface area contributed by atoms with E-state index in [-0.39, 0.29) is 17.5 Å². The molecule has 0 aromatic heterocycles. The zero-order valence-electron chi connectivity index (χ0n) is 17.6. The molecule has 2 aliphatic carbocycles. The van der Waals surface area contributed by atoms with E-state index in [2.05, 4.69) is 52.0 Å². The highest BCUT2D eigenvalue weighted by Crippen LogP contribution is 2.52. The summed E-state index contributed by atoms with van der Waals surface area (Å²) in [7, 11) is 0. The lowest BCUT2D eigenvalue weighted by molar-refractivity contribution is -0.148. The molecular formula is C25H36O2. The van der Waals surface area contributed by atoms with Crippen LogP contribution in [0.4, 0.5) is 0 Å². The standard InChI is InChI=1S/C25H36O2/c1-18(2)7-5-10-21-13-15-25(16-14-21)22-12-11-19(3)8-6-9-20(4)17-23(22)27-24(25)26/h7-8,13,17,22-23H,5-6,9-12,14-16H2,1-4H3/b19-8-,20-17-/t22-,23+,25-/m0/s1. The van der Waals surface area contributed by atoms with Crippen molar-refractivity contribution in [3.05, 3.63) is 46.6 Å². The summed E-state index contributed by atoms with van der Waals surface area (Å²) in [6.07, 6.45) is 18.7. The molecule has 0 bridgehead atoms. The molecular weight excluding hydrogens is 332 g/mol. The second kappa shape index (κ2) is 8.63. The van der Waals surface area contributed by atoms with Crippen LogP contribution in [0.25, 0.3) is 0 Å². The number of ether oxygens (including phenoxy) is 1. The maximum atomic E-state index is 13.0. The molecule has 3 atom stereocenters. The van der Waals surface area contributed by atoms with E-state index in [9.17, 15) is 4.79 Å². The maximum absolute atomic E-state index is 13.0. The summed E-state index contributed by atoms with van der Waals surface area (Å²) in [6.45, 7) is 8.74. The lowest BCUT2D eigenvalue weighted by atomic mass is 9.64. The smallest absolute Gasteiger partial charge is 0.313 e. The SMILES string of the molecule is CC(C)=CCCC1=CC[C@@]2(CC1)C(=O)O[C@@H]1/C=C(/C)CC/C=C(/C)CC[C@@H]12. The van der Waals surface area contributed by atoms with E-state index >= 15 is 0 Å². The largest absolute Gasteiger partial charge is 0.457 e. The van der Waals surface area contributed by atoms with Gasteiger partial charge in [0.1, 0.15) is 6.10 Å². The van der Waals surface area contributed by atoms with Gasteiger partial charge in [-0.25, -0.2) is 0 Å². The summed E-state index contributed by atoms with van der Waals surface area (Å²) >= 11 is 0. The van der Waals surface area contributed by atoms with E-state index in [1.165, 1.54) is 22.3 Å². The first-order chi connectivity index (χ1) is 12.9. The molecule has 1 saturated heterocycles. The minimum Gasteiger partial charge on any atom is -0.457 e. The minimum atomic E-state index is -0.291. The highest BCUT2D eigenvalue weighted by atomic mass is 16.6. The van der Waals surface area contributed by atoms with Crippen LogP contribution in [0.1, 0.15) is 85.5 Å². The fourth-order valence-electron chi connectivity index (χ4n) is 4.98. The van der Waals surface area contributed by atoms with E-state index in [1.54, 1.807) is 0 Å². The quantitative estimate of drug-likeness (QED) is 0.403. The Morgan fingerprint density at radius 2 is 2.00 bits per heavy atom. The van der Waals surface area contributed by atoms with Gasteiger partial charge >= 0.3 is 5.97 Å². The van der Waals surface area contributed by atoms with Crippen molar-refractivity contribution in [1.29, 1.82) is 0 Å². The van der Waals surface area contributed by atoms with Crippen molar-refractivity contribution in [1.82, 2.24) is 0 Å². The number of fused-ring (bicyclic) bond motifs is 2. The van der Waals surface area contributed by atoms with Crippen molar-refractivity contribution in [2.45, 2.75) is 91.6 Å². The third-order valence-electron chi connectivity index (χ3n) is 6.75. The van der Waals surface area contributed by atoms with Gasteiger partial charge in [-0.2, -0.15) is 0 Å². The number of carbonyl (C=O) groups excluding carboxylic acids is 1. The van der Waals surface area contributed by atoms with Gasteiger partial charge in [-0.1, -0.05) is 40.5 Å². The molecule has 3 rings (SSSR count). The van der Waals surface area contributed by atoms with Crippen LogP contribution in [0, 0.1) is 11.3 Å². The Balaban J connectivity index is 1.78. The number of allylic oxidation sites excluding steroid dienone is 7. The third kappa shape index (κ3) is 4.65. The molecule has 0 aromatic carbocycles. The molecule has 3 aliphatic rings. The van der Waals surface area contributed by atoms with Crippen LogP contribution in [0.5, 0.6) is 0 Å². The molecule has 148 valence electrons. The molecule has 0 aromatic rings. The molecule has 1 heterocycles. The van der Waals surface area contributed by atoms with E-state index in [0.29, 0.717) is 5.92 Å². The lowest BCUT2D eigenvalue weighted by Gasteiger charge is -2.35. The molecule has 1 fully saturated rings. The summed E-state index contributed by atoms with van der Waals surface area (Å²) in [5, 5.41) is 0. The molecule has 2 nitrogen and oxygen atoms in total. The molecule has 1 aliphatic heterocycles. The van der Waals surface area contributed by atoms with Crippen molar-refractivity contribution in [3.63, 3.8) is 0 Å². The fourth-order valence-corrected chi connectivity index (χ4v) is 4.98. The van der Waals surface area contributed by atoms with Crippen LogP contribution in [-0.4, -0.2) is 12.1 Å². The Morgan fingerprint density at radius 3 is 2.70 bits per heavy atom. The van der Waals surface area contributed by atoms with Crippen molar-refractivity contribution in [2.75, 3.05) is 0 Å². The molecule has 27 heavy (non-hydrogen) atoms. The molecule has 0 unspecified atom stereocenters. The molecule has 2 heteroatoms. The van der Waals surface area contributed by atoms with Crippen LogP contribution in [0.3, 0.4) is 0 Å². The monoisotopic (exact) mass is 368 g/mol. The number of rotatable bonds is 3. The Bertz CT molecular complexity index is 687. The van der Waals surface area contributed by atoms with E-state index < -0.39 is 0 Å². The molecule has 1 spiro atoms. The third-order valence-corrected chi connectivity index (χ3v) is 6.75. The number of hydrogen-bond donors (Lipinski definition) is 0. The predicted octanol–water partition coefficient (Wildman–Crippen LogP) is 6.84. The molecule has 0 saturated carbocycles. The highest BCUT2D eigenvalue weighted by Gasteiger charge is 2.55. The zero-order chi connectivity index (χ0) is 19.4. The van der Waals surface area contributed by atoms with Gasteiger partial charge in [0.25, 0.3) is 0 Å². The Hall–Kier alpha value is -1.57.